The number of rotatable bonds is 1. The molecule has 0 aliphatic heterocycles. The first-order chi connectivity index (χ1) is 5.08. The Labute approximate surface area is 69.2 Å². The lowest BCUT2D eigenvalue weighted by Crippen LogP contribution is -2.34. The van der Waals surface area contributed by atoms with Crippen molar-refractivity contribution in [3.05, 3.63) is 0 Å². The first kappa shape index (κ1) is 8.76. The zero-order valence-corrected chi connectivity index (χ0v) is 7.81. The van der Waals surface area contributed by atoms with Gasteiger partial charge in [0, 0.05) is 11.3 Å². The Morgan fingerprint density at radius 2 is 2.18 bits per heavy atom. The molecule has 0 aromatic carbocycles. The first-order valence-corrected chi connectivity index (χ1v) is 4.62. The molecule has 1 rings (SSSR count). The summed E-state index contributed by atoms with van der Waals surface area (Å²) in [5, 5.41) is 0. The van der Waals surface area contributed by atoms with Crippen LogP contribution in [0.1, 0.15) is 46.5 Å². The summed E-state index contributed by atoms with van der Waals surface area (Å²) in [4.78, 5) is 11.7. The van der Waals surface area contributed by atoms with Crippen LogP contribution in [0.3, 0.4) is 0 Å². The fraction of sp³-hybridized carbons (Fsp3) is 0.900. The Hall–Kier alpha value is -0.330. The molecule has 0 saturated heterocycles. The van der Waals surface area contributed by atoms with Gasteiger partial charge in [0.1, 0.15) is 5.78 Å². The molecule has 0 aromatic heterocycles. The molecule has 1 aliphatic rings. The van der Waals surface area contributed by atoms with Gasteiger partial charge in [-0.05, 0) is 19.3 Å². The van der Waals surface area contributed by atoms with Crippen molar-refractivity contribution < 1.29 is 4.79 Å². The summed E-state index contributed by atoms with van der Waals surface area (Å²) in [6.07, 6.45) is 4.47. The van der Waals surface area contributed by atoms with E-state index in [0.29, 0.717) is 11.7 Å². The van der Waals surface area contributed by atoms with E-state index in [-0.39, 0.29) is 5.41 Å². The molecule has 1 fully saturated rings. The highest BCUT2D eigenvalue weighted by Crippen LogP contribution is 2.36. The first-order valence-electron chi connectivity index (χ1n) is 4.62. The highest BCUT2D eigenvalue weighted by Gasteiger charge is 2.35. The smallest absolute Gasteiger partial charge is 0.141 e. The second kappa shape index (κ2) is 2.96. The quantitative estimate of drug-likeness (QED) is 0.567. The third-order valence-corrected chi connectivity index (χ3v) is 2.88. The Morgan fingerprint density at radius 3 is 2.64 bits per heavy atom. The standard InChI is InChI=1S/C10H18O/c1-4-8-6-5-7-10(2,3)9(8)11/h8H,4-7H2,1-3H3/t8-/m0/s1. The number of Topliss-reactive ketones (excluding diaryl/α,β-unsaturated/α-hetero) is 1. The van der Waals surface area contributed by atoms with Gasteiger partial charge in [0.2, 0.25) is 0 Å². The third-order valence-electron chi connectivity index (χ3n) is 2.88. The van der Waals surface area contributed by atoms with Gasteiger partial charge in [-0.15, -0.1) is 0 Å². The van der Waals surface area contributed by atoms with E-state index in [0.717, 1.165) is 19.3 Å². The summed E-state index contributed by atoms with van der Waals surface area (Å²) in [5.74, 6) is 0.852. The minimum Gasteiger partial charge on any atom is -0.299 e. The van der Waals surface area contributed by atoms with Crippen LogP contribution in [0.2, 0.25) is 0 Å². The van der Waals surface area contributed by atoms with Gasteiger partial charge in [-0.25, -0.2) is 0 Å². The van der Waals surface area contributed by atoms with Crippen LogP contribution in [-0.2, 0) is 4.79 Å². The Morgan fingerprint density at radius 1 is 1.55 bits per heavy atom. The topological polar surface area (TPSA) is 17.1 Å². The Balaban J connectivity index is 2.68. The van der Waals surface area contributed by atoms with Crippen molar-refractivity contribution >= 4 is 5.78 Å². The lowest BCUT2D eigenvalue weighted by molar-refractivity contribution is -0.134. The van der Waals surface area contributed by atoms with Crippen LogP contribution < -0.4 is 0 Å². The number of carbonyl (C=O) groups is 1. The van der Waals surface area contributed by atoms with Crippen LogP contribution in [0.25, 0.3) is 0 Å². The van der Waals surface area contributed by atoms with E-state index in [1.54, 1.807) is 0 Å². The fourth-order valence-corrected chi connectivity index (χ4v) is 1.99. The predicted octanol–water partition coefficient (Wildman–Crippen LogP) is 2.79. The molecule has 0 unspecified atom stereocenters. The predicted molar refractivity (Wildman–Crippen MR) is 46.4 cm³/mol. The van der Waals surface area contributed by atoms with Crippen LogP contribution in [-0.4, -0.2) is 5.78 Å². The second-order valence-corrected chi connectivity index (χ2v) is 4.25. The van der Waals surface area contributed by atoms with Crippen molar-refractivity contribution in [2.24, 2.45) is 11.3 Å². The van der Waals surface area contributed by atoms with Gasteiger partial charge in [0.05, 0.1) is 0 Å². The minimum atomic E-state index is -0.0288. The molecule has 1 atom stereocenters. The average Bonchev–Trinajstić information content (AvgIpc) is 1.95. The van der Waals surface area contributed by atoms with Crippen LogP contribution in [0.5, 0.6) is 0 Å². The van der Waals surface area contributed by atoms with Gasteiger partial charge >= 0.3 is 0 Å². The molecule has 1 heteroatoms. The van der Waals surface area contributed by atoms with E-state index < -0.39 is 0 Å². The van der Waals surface area contributed by atoms with Gasteiger partial charge < -0.3 is 0 Å². The van der Waals surface area contributed by atoms with E-state index in [9.17, 15) is 4.79 Å². The van der Waals surface area contributed by atoms with Gasteiger partial charge in [-0.3, -0.25) is 4.79 Å². The summed E-state index contributed by atoms with van der Waals surface area (Å²) >= 11 is 0. The molecule has 64 valence electrons. The molecule has 11 heavy (non-hydrogen) atoms. The van der Waals surface area contributed by atoms with E-state index in [2.05, 4.69) is 20.8 Å². The highest BCUT2D eigenvalue weighted by molar-refractivity contribution is 5.86. The molecular formula is C10H18O. The van der Waals surface area contributed by atoms with Gasteiger partial charge in [0.25, 0.3) is 0 Å². The maximum atomic E-state index is 11.7. The maximum absolute atomic E-state index is 11.7. The van der Waals surface area contributed by atoms with Crippen molar-refractivity contribution in [3.8, 4) is 0 Å². The normalized spacial score (nSPS) is 30.5. The molecule has 0 N–H and O–H groups in total. The molecule has 0 spiro atoms. The van der Waals surface area contributed by atoms with Gasteiger partial charge in [-0.1, -0.05) is 27.2 Å². The van der Waals surface area contributed by atoms with Crippen LogP contribution >= 0.6 is 0 Å². The number of hydrogen-bond donors (Lipinski definition) is 0. The van der Waals surface area contributed by atoms with Gasteiger partial charge in [0.15, 0.2) is 0 Å². The van der Waals surface area contributed by atoms with Crippen LogP contribution in [0, 0.1) is 11.3 Å². The number of carbonyl (C=O) groups excluding carboxylic acids is 1. The lowest BCUT2D eigenvalue weighted by Gasteiger charge is -2.32. The minimum absolute atomic E-state index is 0.0288. The Kier molecular flexibility index (Phi) is 2.36. The average molecular weight is 154 g/mol. The molecule has 0 heterocycles. The zero-order valence-electron chi connectivity index (χ0n) is 7.81. The number of ketones is 1. The summed E-state index contributed by atoms with van der Waals surface area (Å²) in [6.45, 7) is 6.28. The molecule has 0 aromatic rings. The maximum Gasteiger partial charge on any atom is 0.141 e. The van der Waals surface area contributed by atoms with Gasteiger partial charge in [-0.2, -0.15) is 0 Å². The second-order valence-electron chi connectivity index (χ2n) is 4.25. The Bertz CT molecular complexity index is 158. The zero-order chi connectivity index (χ0) is 8.48. The van der Waals surface area contributed by atoms with Crippen molar-refractivity contribution in [3.63, 3.8) is 0 Å². The van der Waals surface area contributed by atoms with Crippen molar-refractivity contribution in [1.29, 1.82) is 0 Å². The molecule has 1 saturated carbocycles. The van der Waals surface area contributed by atoms with E-state index in [1.165, 1.54) is 6.42 Å². The van der Waals surface area contributed by atoms with Crippen molar-refractivity contribution in [2.75, 3.05) is 0 Å². The molecule has 0 radical (unpaired) electrons. The van der Waals surface area contributed by atoms with E-state index in [1.807, 2.05) is 0 Å². The number of hydrogen-bond acceptors (Lipinski definition) is 1. The molecule has 0 amide bonds. The molecule has 0 bridgehead atoms. The largest absolute Gasteiger partial charge is 0.299 e. The molecule has 1 nitrogen and oxygen atoms in total. The summed E-state index contributed by atoms with van der Waals surface area (Å²) in [7, 11) is 0. The van der Waals surface area contributed by atoms with Crippen molar-refractivity contribution in [2.45, 2.75) is 46.5 Å². The highest BCUT2D eigenvalue weighted by atomic mass is 16.1. The summed E-state index contributed by atoms with van der Waals surface area (Å²) in [6, 6.07) is 0. The van der Waals surface area contributed by atoms with Crippen LogP contribution in [0.15, 0.2) is 0 Å². The van der Waals surface area contributed by atoms with E-state index >= 15 is 0 Å². The monoisotopic (exact) mass is 154 g/mol. The van der Waals surface area contributed by atoms with E-state index in [4.69, 9.17) is 0 Å². The van der Waals surface area contributed by atoms with Crippen LogP contribution in [0.4, 0.5) is 0 Å². The summed E-state index contributed by atoms with van der Waals surface area (Å²) in [5.41, 5.74) is -0.0288. The molecule has 1 aliphatic carbocycles. The fourth-order valence-electron chi connectivity index (χ4n) is 1.99. The third kappa shape index (κ3) is 1.63. The SMILES string of the molecule is CC[C@H]1CCCC(C)(C)C1=O. The van der Waals surface area contributed by atoms with Crippen molar-refractivity contribution in [1.82, 2.24) is 0 Å². The lowest BCUT2D eigenvalue weighted by atomic mass is 9.70. The molecular weight excluding hydrogens is 136 g/mol. The summed E-state index contributed by atoms with van der Waals surface area (Å²) < 4.78 is 0.